The van der Waals surface area contributed by atoms with Crippen molar-refractivity contribution in [1.82, 2.24) is 19.5 Å². The van der Waals surface area contributed by atoms with Gasteiger partial charge in [-0.3, -0.25) is 5.41 Å². The lowest BCUT2D eigenvalue weighted by molar-refractivity contribution is 0.151. The molecule has 0 aliphatic heterocycles. The molecule has 1 fully saturated rings. The van der Waals surface area contributed by atoms with E-state index < -0.39 is 0 Å². The van der Waals surface area contributed by atoms with Crippen molar-refractivity contribution in [3.63, 3.8) is 0 Å². The lowest BCUT2D eigenvalue weighted by Crippen LogP contribution is -2.31. The van der Waals surface area contributed by atoms with Crippen LogP contribution in [0.4, 0.5) is 0 Å². The standard InChI is InChI=1S/C15H23N5/c1-9(2)11-5-4-10(3)6-12(11)20-8-19-14(16)13-15(20)18-7-17-13/h7-12,16H,4-6H2,1-3H3,(H,17,18). The lowest BCUT2D eigenvalue weighted by Gasteiger charge is -2.38. The predicted octanol–water partition coefficient (Wildman–Crippen LogP) is 2.87. The van der Waals surface area contributed by atoms with Gasteiger partial charge in [-0.25, -0.2) is 9.97 Å². The molecule has 0 saturated heterocycles. The van der Waals surface area contributed by atoms with Crippen molar-refractivity contribution in [2.75, 3.05) is 0 Å². The fourth-order valence-electron chi connectivity index (χ4n) is 3.61. The predicted molar refractivity (Wildman–Crippen MR) is 78.1 cm³/mol. The molecular weight excluding hydrogens is 250 g/mol. The summed E-state index contributed by atoms with van der Waals surface area (Å²) in [6, 6.07) is 0.442. The third-order valence-electron chi connectivity index (χ3n) is 4.76. The van der Waals surface area contributed by atoms with Crippen molar-refractivity contribution in [3.8, 4) is 0 Å². The van der Waals surface area contributed by atoms with Crippen molar-refractivity contribution in [3.05, 3.63) is 18.1 Å². The molecule has 2 heterocycles. The Morgan fingerprint density at radius 3 is 2.90 bits per heavy atom. The lowest BCUT2D eigenvalue weighted by atomic mass is 9.74. The quantitative estimate of drug-likeness (QED) is 0.883. The Morgan fingerprint density at radius 1 is 1.35 bits per heavy atom. The van der Waals surface area contributed by atoms with E-state index in [0.717, 1.165) is 17.1 Å². The first-order valence-electron chi connectivity index (χ1n) is 7.52. The third kappa shape index (κ3) is 2.15. The fraction of sp³-hybridized carbons (Fsp3) is 0.667. The number of imidazole rings is 1. The van der Waals surface area contributed by atoms with Gasteiger partial charge in [-0.15, -0.1) is 0 Å². The summed E-state index contributed by atoms with van der Waals surface area (Å²) in [7, 11) is 0. The molecule has 3 atom stereocenters. The highest BCUT2D eigenvalue weighted by atomic mass is 15.1. The molecule has 108 valence electrons. The number of nitrogens with one attached hydrogen (secondary N) is 2. The van der Waals surface area contributed by atoms with Gasteiger partial charge >= 0.3 is 0 Å². The van der Waals surface area contributed by atoms with Crippen molar-refractivity contribution in [1.29, 1.82) is 5.41 Å². The van der Waals surface area contributed by atoms with Gasteiger partial charge in [0.25, 0.3) is 0 Å². The minimum atomic E-state index is 0.277. The zero-order valence-electron chi connectivity index (χ0n) is 12.4. The van der Waals surface area contributed by atoms with Crippen LogP contribution in [0.3, 0.4) is 0 Å². The van der Waals surface area contributed by atoms with Gasteiger partial charge in [-0.05, 0) is 30.6 Å². The maximum Gasteiger partial charge on any atom is 0.173 e. The van der Waals surface area contributed by atoms with Gasteiger partial charge in [0.2, 0.25) is 0 Å². The van der Waals surface area contributed by atoms with Crippen LogP contribution >= 0.6 is 0 Å². The summed E-state index contributed by atoms with van der Waals surface area (Å²) in [6.07, 6.45) is 7.23. The molecule has 1 saturated carbocycles. The molecule has 0 amide bonds. The zero-order chi connectivity index (χ0) is 14.3. The number of nitrogens with zero attached hydrogens (tertiary/aromatic N) is 3. The van der Waals surface area contributed by atoms with Crippen LogP contribution in [-0.2, 0) is 0 Å². The molecule has 5 heteroatoms. The topological polar surface area (TPSA) is 70.3 Å². The largest absolute Gasteiger partial charge is 0.340 e. The van der Waals surface area contributed by atoms with Gasteiger partial charge < -0.3 is 9.55 Å². The summed E-state index contributed by atoms with van der Waals surface area (Å²) >= 11 is 0. The van der Waals surface area contributed by atoms with Crippen LogP contribution in [0.1, 0.15) is 46.1 Å². The van der Waals surface area contributed by atoms with Crippen LogP contribution in [0, 0.1) is 23.2 Å². The van der Waals surface area contributed by atoms with Crippen molar-refractivity contribution < 1.29 is 0 Å². The van der Waals surface area contributed by atoms with Crippen molar-refractivity contribution in [2.24, 2.45) is 17.8 Å². The number of H-pyrrole nitrogens is 1. The molecule has 2 aromatic rings. The number of aromatic nitrogens is 4. The Balaban J connectivity index is 2.09. The van der Waals surface area contributed by atoms with E-state index in [1.165, 1.54) is 19.3 Å². The molecule has 20 heavy (non-hydrogen) atoms. The third-order valence-corrected chi connectivity index (χ3v) is 4.76. The highest BCUT2D eigenvalue weighted by Gasteiger charge is 2.32. The van der Waals surface area contributed by atoms with Crippen LogP contribution in [0.25, 0.3) is 11.2 Å². The number of fused-ring (bicyclic) bond motifs is 1. The molecule has 3 unspecified atom stereocenters. The number of hydrogen-bond donors (Lipinski definition) is 2. The Kier molecular flexibility index (Phi) is 3.36. The monoisotopic (exact) mass is 273 g/mol. The smallest absolute Gasteiger partial charge is 0.173 e. The van der Waals surface area contributed by atoms with Gasteiger partial charge in [0.05, 0.1) is 12.7 Å². The van der Waals surface area contributed by atoms with Crippen LogP contribution in [0.15, 0.2) is 12.7 Å². The van der Waals surface area contributed by atoms with E-state index in [2.05, 4.69) is 40.3 Å². The first-order valence-corrected chi connectivity index (χ1v) is 7.52. The second kappa shape index (κ2) is 5.04. The van der Waals surface area contributed by atoms with E-state index in [1.54, 1.807) is 6.33 Å². The van der Waals surface area contributed by atoms with Crippen LogP contribution < -0.4 is 5.49 Å². The second-order valence-electron chi connectivity index (χ2n) is 6.50. The van der Waals surface area contributed by atoms with Gasteiger partial charge in [0.1, 0.15) is 5.52 Å². The maximum atomic E-state index is 7.87. The minimum absolute atomic E-state index is 0.277. The first-order chi connectivity index (χ1) is 9.58. The molecule has 0 aromatic carbocycles. The molecule has 0 bridgehead atoms. The van der Waals surface area contributed by atoms with Gasteiger partial charge in [0.15, 0.2) is 11.1 Å². The molecule has 3 rings (SSSR count). The SMILES string of the molecule is CC1CCC(C(C)C)C(n2cnc(=N)c3[nH]cnc32)C1. The molecular formula is C15H23N5. The fourth-order valence-corrected chi connectivity index (χ4v) is 3.61. The summed E-state index contributed by atoms with van der Waals surface area (Å²) in [6.45, 7) is 6.95. The Hall–Kier alpha value is -1.65. The van der Waals surface area contributed by atoms with E-state index in [0.29, 0.717) is 17.9 Å². The van der Waals surface area contributed by atoms with E-state index in [9.17, 15) is 0 Å². The van der Waals surface area contributed by atoms with Crippen molar-refractivity contribution >= 4 is 11.2 Å². The van der Waals surface area contributed by atoms with E-state index in [4.69, 9.17) is 5.41 Å². The van der Waals surface area contributed by atoms with E-state index in [-0.39, 0.29) is 5.49 Å². The molecule has 5 nitrogen and oxygen atoms in total. The molecule has 0 radical (unpaired) electrons. The van der Waals surface area contributed by atoms with Crippen LogP contribution in [0.5, 0.6) is 0 Å². The number of rotatable bonds is 2. The molecule has 2 aromatic heterocycles. The van der Waals surface area contributed by atoms with Crippen LogP contribution in [0.2, 0.25) is 0 Å². The summed E-state index contributed by atoms with van der Waals surface area (Å²) in [5, 5.41) is 7.87. The number of aromatic amines is 1. The average molecular weight is 273 g/mol. The Labute approximate surface area is 119 Å². The first kappa shape index (κ1) is 13.3. The Bertz CT molecular complexity index is 654. The molecule has 2 N–H and O–H groups in total. The normalized spacial score (nSPS) is 27.3. The minimum Gasteiger partial charge on any atom is -0.340 e. The van der Waals surface area contributed by atoms with Gasteiger partial charge in [-0.2, -0.15) is 0 Å². The number of hydrogen-bond acceptors (Lipinski definition) is 3. The zero-order valence-corrected chi connectivity index (χ0v) is 12.4. The Morgan fingerprint density at radius 2 is 2.15 bits per heavy atom. The van der Waals surface area contributed by atoms with Crippen LogP contribution in [-0.4, -0.2) is 19.5 Å². The van der Waals surface area contributed by atoms with E-state index >= 15 is 0 Å². The maximum absolute atomic E-state index is 7.87. The molecule has 0 spiro atoms. The molecule has 1 aliphatic carbocycles. The highest BCUT2D eigenvalue weighted by Crippen LogP contribution is 2.41. The van der Waals surface area contributed by atoms with Gasteiger partial charge in [-0.1, -0.05) is 27.2 Å². The van der Waals surface area contributed by atoms with Gasteiger partial charge in [0, 0.05) is 6.04 Å². The van der Waals surface area contributed by atoms with E-state index in [1.807, 2.05) is 6.33 Å². The summed E-state index contributed by atoms with van der Waals surface area (Å²) < 4.78 is 2.20. The highest BCUT2D eigenvalue weighted by molar-refractivity contribution is 5.68. The van der Waals surface area contributed by atoms with Crippen molar-refractivity contribution in [2.45, 2.75) is 46.1 Å². The average Bonchev–Trinajstić information content (AvgIpc) is 2.89. The second-order valence-corrected chi connectivity index (χ2v) is 6.50. The summed E-state index contributed by atoms with van der Waals surface area (Å²) in [5.41, 5.74) is 1.89. The molecule has 1 aliphatic rings. The summed E-state index contributed by atoms with van der Waals surface area (Å²) in [4.78, 5) is 11.7. The summed E-state index contributed by atoms with van der Waals surface area (Å²) in [5.74, 6) is 2.06.